The zero-order valence-corrected chi connectivity index (χ0v) is 11.1. The van der Waals surface area contributed by atoms with Gasteiger partial charge < -0.3 is 16.0 Å². The third kappa shape index (κ3) is 3.05. The van der Waals surface area contributed by atoms with E-state index in [0.29, 0.717) is 25.2 Å². The first kappa shape index (κ1) is 13.4. The number of nitrogens with one attached hydrogen (secondary N) is 1. The zero-order chi connectivity index (χ0) is 13.8. The second kappa shape index (κ2) is 5.73. The highest BCUT2D eigenvalue weighted by molar-refractivity contribution is 5.89. The number of hydrogen-bond donors (Lipinski definition) is 2. The standard InChI is InChI=1S/C14H19N3O2/c1-2-12-14(19)16-6-7-17(12)13(18)9-10-4-3-5-11(15)8-10/h3-5,8,12H,2,6-7,9,15H2,1H3,(H,16,19). The van der Waals surface area contributed by atoms with Gasteiger partial charge in [-0.25, -0.2) is 0 Å². The summed E-state index contributed by atoms with van der Waals surface area (Å²) < 4.78 is 0. The number of amides is 2. The summed E-state index contributed by atoms with van der Waals surface area (Å²) in [6.07, 6.45) is 0.920. The van der Waals surface area contributed by atoms with Crippen LogP contribution in [-0.2, 0) is 16.0 Å². The number of piperazine rings is 1. The molecular formula is C14H19N3O2. The average Bonchev–Trinajstić information content (AvgIpc) is 2.38. The van der Waals surface area contributed by atoms with Crippen LogP contribution >= 0.6 is 0 Å². The fourth-order valence-electron chi connectivity index (χ4n) is 2.40. The molecule has 1 aromatic rings. The quantitative estimate of drug-likeness (QED) is 0.780. The van der Waals surface area contributed by atoms with Gasteiger partial charge in [0.15, 0.2) is 0 Å². The average molecular weight is 261 g/mol. The van der Waals surface area contributed by atoms with E-state index in [1.54, 1.807) is 17.0 Å². The van der Waals surface area contributed by atoms with Gasteiger partial charge in [0.2, 0.25) is 11.8 Å². The Balaban J connectivity index is 2.08. The maximum absolute atomic E-state index is 12.3. The number of carbonyl (C=O) groups excluding carboxylic acids is 2. The molecule has 1 saturated heterocycles. The molecule has 2 rings (SSSR count). The number of hydrogen-bond acceptors (Lipinski definition) is 3. The molecule has 5 nitrogen and oxygen atoms in total. The first-order valence-electron chi connectivity index (χ1n) is 6.53. The van der Waals surface area contributed by atoms with E-state index in [1.807, 2.05) is 19.1 Å². The third-order valence-electron chi connectivity index (χ3n) is 3.34. The SMILES string of the molecule is CCC1C(=O)NCCN1C(=O)Cc1cccc(N)c1. The Kier molecular flexibility index (Phi) is 4.04. The molecule has 1 aromatic carbocycles. The monoisotopic (exact) mass is 261 g/mol. The van der Waals surface area contributed by atoms with E-state index in [9.17, 15) is 9.59 Å². The second-order valence-electron chi connectivity index (χ2n) is 4.72. The minimum atomic E-state index is -0.345. The van der Waals surface area contributed by atoms with Crippen LogP contribution in [0.5, 0.6) is 0 Å². The molecule has 1 fully saturated rings. The molecule has 0 bridgehead atoms. The van der Waals surface area contributed by atoms with Crippen molar-refractivity contribution < 1.29 is 9.59 Å². The fourth-order valence-corrected chi connectivity index (χ4v) is 2.40. The van der Waals surface area contributed by atoms with Gasteiger partial charge in [-0.15, -0.1) is 0 Å². The van der Waals surface area contributed by atoms with E-state index < -0.39 is 0 Å². The number of nitrogens with zero attached hydrogens (tertiary/aromatic N) is 1. The predicted molar refractivity (Wildman–Crippen MR) is 73.4 cm³/mol. The lowest BCUT2D eigenvalue weighted by atomic mass is 10.1. The van der Waals surface area contributed by atoms with Crippen LogP contribution in [-0.4, -0.2) is 35.8 Å². The number of benzene rings is 1. The molecule has 0 spiro atoms. The van der Waals surface area contributed by atoms with Crippen LogP contribution in [0.3, 0.4) is 0 Å². The lowest BCUT2D eigenvalue weighted by molar-refractivity contribution is -0.142. The number of nitrogen functional groups attached to an aromatic ring is 1. The van der Waals surface area contributed by atoms with Crippen LogP contribution in [0.4, 0.5) is 5.69 Å². The summed E-state index contributed by atoms with van der Waals surface area (Å²) >= 11 is 0. The van der Waals surface area contributed by atoms with Crippen LogP contribution in [0.25, 0.3) is 0 Å². The maximum Gasteiger partial charge on any atom is 0.242 e. The van der Waals surface area contributed by atoms with Gasteiger partial charge in [-0.2, -0.15) is 0 Å². The smallest absolute Gasteiger partial charge is 0.242 e. The van der Waals surface area contributed by atoms with Crippen molar-refractivity contribution in [3.63, 3.8) is 0 Å². The topological polar surface area (TPSA) is 75.4 Å². The highest BCUT2D eigenvalue weighted by Gasteiger charge is 2.31. The van der Waals surface area contributed by atoms with E-state index in [1.165, 1.54) is 0 Å². The number of carbonyl (C=O) groups is 2. The van der Waals surface area contributed by atoms with Gasteiger partial charge in [0.05, 0.1) is 6.42 Å². The molecule has 1 unspecified atom stereocenters. The molecule has 2 amide bonds. The molecule has 0 aliphatic carbocycles. The van der Waals surface area contributed by atoms with Gasteiger partial charge in [-0.05, 0) is 24.1 Å². The molecule has 3 N–H and O–H groups in total. The maximum atomic E-state index is 12.3. The first-order chi connectivity index (χ1) is 9.11. The van der Waals surface area contributed by atoms with Crippen molar-refractivity contribution in [2.75, 3.05) is 18.8 Å². The first-order valence-corrected chi connectivity index (χ1v) is 6.53. The zero-order valence-electron chi connectivity index (χ0n) is 11.1. The molecule has 0 saturated carbocycles. The van der Waals surface area contributed by atoms with Gasteiger partial charge >= 0.3 is 0 Å². The summed E-state index contributed by atoms with van der Waals surface area (Å²) in [5.41, 5.74) is 7.23. The van der Waals surface area contributed by atoms with Gasteiger partial charge in [-0.1, -0.05) is 19.1 Å². The van der Waals surface area contributed by atoms with Crippen molar-refractivity contribution in [2.45, 2.75) is 25.8 Å². The Morgan fingerprint density at radius 3 is 3.00 bits per heavy atom. The van der Waals surface area contributed by atoms with Crippen molar-refractivity contribution in [3.8, 4) is 0 Å². The summed E-state index contributed by atoms with van der Waals surface area (Å²) in [7, 11) is 0. The van der Waals surface area contributed by atoms with E-state index in [2.05, 4.69) is 5.32 Å². The third-order valence-corrected chi connectivity index (χ3v) is 3.34. The number of nitrogens with two attached hydrogens (primary N) is 1. The summed E-state index contributed by atoms with van der Waals surface area (Å²) in [6.45, 7) is 3.01. The van der Waals surface area contributed by atoms with Gasteiger partial charge in [0.1, 0.15) is 6.04 Å². The van der Waals surface area contributed by atoms with Crippen molar-refractivity contribution in [1.82, 2.24) is 10.2 Å². The predicted octanol–water partition coefficient (Wildman–Crippen LogP) is 0.548. The molecule has 19 heavy (non-hydrogen) atoms. The second-order valence-corrected chi connectivity index (χ2v) is 4.72. The highest BCUT2D eigenvalue weighted by atomic mass is 16.2. The summed E-state index contributed by atoms with van der Waals surface area (Å²) in [5.74, 6) is -0.0815. The molecule has 1 aliphatic heterocycles. The molecule has 102 valence electrons. The normalized spacial score (nSPS) is 19.1. The van der Waals surface area contributed by atoms with E-state index in [4.69, 9.17) is 5.73 Å². The van der Waals surface area contributed by atoms with E-state index in [0.717, 1.165) is 5.56 Å². The van der Waals surface area contributed by atoms with Crippen molar-refractivity contribution in [1.29, 1.82) is 0 Å². The minimum absolute atomic E-state index is 0.0210. The van der Waals surface area contributed by atoms with E-state index >= 15 is 0 Å². The lowest BCUT2D eigenvalue weighted by Crippen LogP contribution is -2.57. The van der Waals surface area contributed by atoms with Crippen LogP contribution in [0.1, 0.15) is 18.9 Å². The molecular weight excluding hydrogens is 242 g/mol. The van der Waals surface area contributed by atoms with Crippen LogP contribution in [0, 0.1) is 0 Å². The van der Waals surface area contributed by atoms with Crippen molar-refractivity contribution >= 4 is 17.5 Å². The van der Waals surface area contributed by atoms with Crippen molar-refractivity contribution in [2.24, 2.45) is 0 Å². The summed E-state index contributed by atoms with van der Waals surface area (Å²) in [4.78, 5) is 25.7. The number of anilines is 1. The Morgan fingerprint density at radius 2 is 2.32 bits per heavy atom. The fraction of sp³-hybridized carbons (Fsp3) is 0.429. The number of rotatable bonds is 3. The lowest BCUT2D eigenvalue weighted by Gasteiger charge is -2.34. The van der Waals surface area contributed by atoms with Gasteiger partial charge in [-0.3, -0.25) is 9.59 Å². The van der Waals surface area contributed by atoms with Crippen LogP contribution in [0.2, 0.25) is 0 Å². The molecule has 5 heteroatoms. The Hall–Kier alpha value is -2.04. The molecule has 0 aromatic heterocycles. The molecule has 1 atom stereocenters. The van der Waals surface area contributed by atoms with E-state index in [-0.39, 0.29) is 24.3 Å². The largest absolute Gasteiger partial charge is 0.399 e. The van der Waals surface area contributed by atoms with Crippen LogP contribution < -0.4 is 11.1 Å². The Bertz CT molecular complexity index is 487. The molecule has 1 aliphatic rings. The van der Waals surface area contributed by atoms with Gasteiger partial charge in [0.25, 0.3) is 0 Å². The Morgan fingerprint density at radius 1 is 1.53 bits per heavy atom. The van der Waals surface area contributed by atoms with Crippen molar-refractivity contribution in [3.05, 3.63) is 29.8 Å². The highest BCUT2D eigenvalue weighted by Crippen LogP contribution is 2.13. The molecule has 1 heterocycles. The Labute approximate surface area is 112 Å². The molecule has 0 radical (unpaired) electrons. The van der Waals surface area contributed by atoms with Crippen LogP contribution in [0.15, 0.2) is 24.3 Å². The minimum Gasteiger partial charge on any atom is -0.399 e. The summed E-state index contributed by atoms with van der Waals surface area (Å²) in [5, 5.41) is 2.79. The summed E-state index contributed by atoms with van der Waals surface area (Å²) in [6, 6.07) is 6.94. The van der Waals surface area contributed by atoms with Gasteiger partial charge in [0, 0.05) is 18.8 Å².